The molecule has 0 aliphatic carbocycles. The molecular weight excluding hydrogens is 345 g/mol. The van der Waals surface area contributed by atoms with Crippen molar-refractivity contribution in [3.8, 4) is 0 Å². The van der Waals surface area contributed by atoms with Crippen molar-refractivity contribution in [2.24, 2.45) is 0 Å². The van der Waals surface area contributed by atoms with E-state index in [9.17, 15) is 9.18 Å². The number of anilines is 1. The monoisotopic (exact) mass is 367 g/mol. The van der Waals surface area contributed by atoms with Crippen molar-refractivity contribution in [2.75, 3.05) is 18.0 Å². The van der Waals surface area contributed by atoms with E-state index in [0.717, 1.165) is 30.5 Å². The maximum absolute atomic E-state index is 13.6. The largest absolute Gasteiger partial charge is 0.423 e. The third-order valence-corrected chi connectivity index (χ3v) is 5.02. The first-order valence-corrected chi connectivity index (χ1v) is 9.33. The van der Waals surface area contributed by atoms with Crippen LogP contribution in [0.5, 0.6) is 0 Å². The number of fused-ring (bicyclic) bond motifs is 1. The normalized spacial score (nSPS) is 16.8. The molecule has 1 aromatic heterocycles. The Morgan fingerprint density at radius 3 is 2.89 bits per heavy atom. The van der Waals surface area contributed by atoms with Gasteiger partial charge in [-0.2, -0.15) is 4.98 Å². The molecule has 1 atom stereocenters. The standard InChI is InChI=1S/C21H22FN3O2/c22-17-8-2-1-6-15(17)11-12-20(26)23-14-16-7-5-13-25(16)21-24-18-9-3-4-10-19(18)27-21/h1-4,6,8-10,16H,5,7,11-14H2,(H,23,26)/t16-/m0/s1. The number of amides is 1. The van der Waals surface area contributed by atoms with Crippen molar-refractivity contribution in [1.82, 2.24) is 10.3 Å². The van der Waals surface area contributed by atoms with E-state index < -0.39 is 0 Å². The predicted octanol–water partition coefficient (Wildman–Crippen LogP) is 3.68. The number of hydrogen-bond donors (Lipinski definition) is 1. The second-order valence-corrected chi connectivity index (χ2v) is 6.85. The average Bonchev–Trinajstić information content (AvgIpc) is 3.31. The molecule has 1 amide bonds. The lowest BCUT2D eigenvalue weighted by Crippen LogP contribution is -2.40. The highest BCUT2D eigenvalue weighted by molar-refractivity contribution is 5.76. The number of aromatic nitrogens is 1. The number of oxazole rings is 1. The van der Waals surface area contributed by atoms with Gasteiger partial charge in [-0.1, -0.05) is 30.3 Å². The molecule has 1 N–H and O–H groups in total. The second-order valence-electron chi connectivity index (χ2n) is 6.85. The van der Waals surface area contributed by atoms with Crippen LogP contribution in [0.1, 0.15) is 24.8 Å². The van der Waals surface area contributed by atoms with Crippen LogP contribution < -0.4 is 10.2 Å². The SMILES string of the molecule is O=C(CCc1ccccc1F)NC[C@@H]1CCCN1c1nc2ccccc2o1. The summed E-state index contributed by atoms with van der Waals surface area (Å²) in [5.41, 5.74) is 2.18. The molecule has 140 valence electrons. The highest BCUT2D eigenvalue weighted by Crippen LogP contribution is 2.28. The van der Waals surface area contributed by atoms with Crippen LogP contribution in [-0.2, 0) is 11.2 Å². The number of hydrogen-bond acceptors (Lipinski definition) is 4. The van der Waals surface area contributed by atoms with E-state index >= 15 is 0 Å². The summed E-state index contributed by atoms with van der Waals surface area (Å²) in [4.78, 5) is 18.9. The Labute approximate surface area is 157 Å². The number of halogens is 1. The van der Waals surface area contributed by atoms with Gasteiger partial charge in [0.05, 0.1) is 6.04 Å². The van der Waals surface area contributed by atoms with E-state index in [1.54, 1.807) is 18.2 Å². The van der Waals surface area contributed by atoms with Crippen molar-refractivity contribution < 1.29 is 13.6 Å². The molecule has 0 saturated carbocycles. The van der Waals surface area contributed by atoms with Crippen LogP contribution >= 0.6 is 0 Å². The van der Waals surface area contributed by atoms with Crippen molar-refractivity contribution in [1.29, 1.82) is 0 Å². The Balaban J connectivity index is 1.33. The van der Waals surface area contributed by atoms with E-state index in [4.69, 9.17) is 4.42 Å². The van der Waals surface area contributed by atoms with Gasteiger partial charge in [-0.3, -0.25) is 4.79 Å². The zero-order valence-electron chi connectivity index (χ0n) is 15.0. The lowest BCUT2D eigenvalue weighted by Gasteiger charge is -2.23. The number of para-hydroxylation sites is 2. The highest BCUT2D eigenvalue weighted by Gasteiger charge is 2.28. The zero-order valence-corrected chi connectivity index (χ0v) is 15.0. The molecule has 0 unspecified atom stereocenters. The zero-order chi connectivity index (χ0) is 18.6. The van der Waals surface area contributed by atoms with E-state index in [-0.39, 0.29) is 24.2 Å². The molecule has 2 heterocycles. The van der Waals surface area contributed by atoms with Gasteiger partial charge in [-0.05, 0) is 43.0 Å². The van der Waals surface area contributed by atoms with Crippen LogP contribution in [0.2, 0.25) is 0 Å². The summed E-state index contributed by atoms with van der Waals surface area (Å²) >= 11 is 0. The van der Waals surface area contributed by atoms with Gasteiger partial charge in [-0.15, -0.1) is 0 Å². The molecule has 0 radical (unpaired) electrons. The van der Waals surface area contributed by atoms with Gasteiger partial charge in [0.2, 0.25) is 5.91 Å². The molecule has 0 bridgehead atoms. The molecule has 1 aliphatic heterocycles. The highest BCUT2D eigenvalue weighted by atomic mass is 19.1. The van der Waals surface area contributed by atoms with Crippen LogP contribution in [0.3, 0.4) is 0 Å². The fourth-order valence-corrected chi connectivity index (χ4v) is 3.55. The second kappa shape index (κ2) is 7.78. The maximum atomic E-state index is 13.6. The lowest BCUT2D eigenvalue weighted by molar-refractivity contribution is -0.121. The average molecular weight is 367 g/mol. The van der Waals surface area contributed by atoms with E-state index in [1.165, 1.54) is 6.07 Å². The summed E-state index contributed by atoms with van der Waals surface area (Å²) in [5, 5.41) is 2.98. The number of carbonyl (C=O) groups excluding carboxylic acids is 1. The molecular formula is C21H22FN3O2. The van der Waals surface area contributed by atoms with Crippen LogP contribution in [0.4, 0.5) is 10.4 Å². The summed E-state index contributed by atoms with van der Waals surface area (Å²) in [7, 11) is 0. The number of benzene rings is 2. The first kappa shape index (κ1) is 17.5. The fourth-order valence-electron chi connectivity index (χ4n) is 3.55. The van der Waals surface area contributed by atoms with Crippen LogP contribution in [0, 0.1) is 5.82 Å². The van der Waals surface area contributed by atoms with Gasteiger partial charge in [0, 0.05) is 19.5 Å². The van der Waals surface area contributed by atoms with Crippen molar-refractivity contribution in [3.05, 3.63) is 59.9 Å². The Kier molecular flexibility index (Phi) is 5.05. The maximum Gasteiger partial charge on any atom is 0.298 e. The first-order chi connectivity index (χ1) is 13.2. The van der Waals surface area contributed by atoms with Gasteiger partial charge < -0.3 is 14.6 Å². The van der Waals surface area contributed by atoms with Crippen molar-refractivity contribution in [3.63, 3.8) is 0 Å². The molecule has 27 heavy (non-hydrogen) atoms. The summed E-state index contributed by atoms with van der Waals surface area (Å²) in [6.07, 6.45) is 2.69. The van der Waals surface area contributed by atoms with Gasteiger partial charge in [0.1, 0.15) is 11.3 Å². The van der Waals surface area contributed by atoms with Crippen molar-refractivity contribution in [2.45, 2.75) is 31.7 Å². The Bertz CT molecular complexity index is 907. The van der Waals surface area contributed by atoms with Gasteiger partial charge >= 0.3 is 0 Å². The van der Waals surface area contributed by atoms with Gasteiger partial charge in [0.25, 0.3) is 6.01 Å². The van der Waals surface area contributed by atoms with E-state index in [1.807, 2.05) is 24.3 Å². The Morgan fingerprint density at radius 1 is 1.22 bits per heavy atom. The third kappa shape index (κ3) is 3.94. The molecule has 2 aromatic carbocycles. The first-order valence-electron chi connectivity index (χ1n) is 9.33. The predicted molar refractivity (Wildman–Crippen MR) is 102 cm³/mol. The number of aryl methyl sites for hydroxylation is 1. The molecule has 3 aromatic rings. The Hall–Kier alpha value is -2.89. The lowest BCUT2D eigenvalue weighted by atomic mass is 10.1. The third-order valence-electron chi connectivity index (χ3n) is 5.02. The smallest absolute Gasteiger partial charge is 0.298 e. The molecule has 1 fully saturated rings. The van der Waals surface area contributed by atoms with Crippen LogP contribution in [0.25, 0.3) is 11.1 Å². The summed E-state index contributed by atoms with van der Waals surface area (Å²) in [5.74, 6) is -0.328. The summed E-state index contributed by atoms with van der Waals surface area (Å²) in [6, 6.07) is 15.0. The number of carbonyl (C=O) groups is 1. The van der Waals surface area contributed by atoms with E-state index in [2.05, 4.69) is 15.2 Å². The van der Waals surface area contributed by atoms with Crippen LogP contribution in [-0.4, -0.2) is 30.0 Å². The summed E-state index contributed by atoms with van der Waals surface area (Å²) in [6.45, 7) is 1.40. The minimum atomic E-state index is -0.261. The molecule has 6 heteroatoms. The number of nitrogens with zero attached hydrogens (tertiary/aromatic N) is 2. The molecule has 4 rings (SSSR count). The molecule has 1 saturated heterocycles. The quantitative estimate of drug-likeness (QED) is 0.722. The van der Waals surface area contributed by atoms with E-state index in [0.29, 0.717) is 24.5 Å². The number of rotatable bonds is 6. The van der Waals surface area contributed by atoms with Crippen molar-refractivity contribution >= 4 is 23.0 Å². The fraction of sp³-hybridized carbons (Fsp3) is 0.333. The Morgan fingerprint density at radius 2 is 2.04 bits per heavy atom. The van der Waals surface area contributed by atoms with Gasteiger partial charge in [-0.25, -0.2) is 4.39 Å². The molecule has 1 aliphatic rings. The summed E-state index contributed by atoms with van der Waals surface area (Å²) < 4.78 is 19.5. The molecule has 5 nitrogen and oxygen atoms in total. The minimum absolute atomic E-state index is 0.0670. The molecule has 0 spiro atoms. The van der Waals surface area contributed by atoms with Gasteiger partial charge in [0.15, 0.2) is 5.58 Å². The number of nitrogens with one attached hydrogen (secondary N) is 1. The van der Waals surface area contributed by atoms with Crippen LogP contribution in [0.15, 0.2) is 52.9 Å². The topological polar surface area (TPSA) is 58.4 Å². The minimum Gasteiger partial charge on any atom is -0.423 e.